The first-order valence-corrected chi connectivity index (χ1v) is 10.2. The van der Waals surface area contributed by atoms with Crippen molar-refractivity contribution in [1.29, 1.82) is 0 Å². The average molecular weight is 377 g/mol. The molecule has 2 heterocycles. The first-order chi connectivity index (χ1) is 13.7. The van der Waals surface area contributed by atoms with Gasteiger partial charge in [-0.3, -0.25) is 9.59 Å². The Bertz CT molecular complexity index is 829. The molecule has 1 fully saturated rings. The van der Waals surface area contributed by atoms with Crippen molar-refractivity contribution in [3.63, 3.8) is 0 Å². The summed E-state index contributed by atoms with van der Waals surface area (Å²) in [4.78, 5) is 29.3. The molecule has 0 atom stereocenters. The van der Waals surface area contributed by atoms with Crippen LogP contribution in [0.4, 0.5) is 11.4 Å². The lowest BCUT2D eigenvalue weighted by Crippen LogP contribution is -2.40. The third-order valence-electron chi connectivity index (χ3n) is 5.83. The number of likely N-dealkylation sites (tertiary alicyclic amines) is 1. The van der Waals surface area contributed by atoms with Gasteiger partial charge < -0.3 is 15.1 Å². The van der Waals surface area contributed by atoms with E-state index in [2.05, 4.69) is 16.3 Å². The number of carbonyl (C=O) groups excluding carboxylic acids is 2. The van der Waals surface area contributed by atoms with Crippen LogP contribution in [0.25, 0.3) is 0 Å². The molecule has 1 N–H and O–H groups in total. The van der Waals surface area contributed by atoms with Gasteiger partial charge in [0.1, 0.15) is 0 Å². The third-order valence-corrected chi connectivity index (χ3v) is 5.83. The molecule has 2 aliphatic rings. The lowest BCUT2D eigenvalue weighted by atomic mass is 9.95. The lowest BCUT2D eigenvalue weighted by Gasteiger charge is -2.31. The minimum atomic E-state index is 0.0533. The first kappa shape index (κ1) is 18.7. The molecule has 0 aliphatic carbocycles. The number of anilines is 2. The highest BCUT2D eigenvalue weighted by Crippen LogP contribution is 2.28. The number of para-hydroxylation sites is 2. The van der Waals surface area contributed by atoms with Crippen LogP contribution >= 0.6 is 0 Å². The molecule has 0 radical (unpaired) electrons. The molecule has 0 bridgehead atoms. The van der Waals surface area contributed by atoms with Gasteiger partial charge in [-0.2, -0.15) is 0 Å². The summed E-state index contributed by atoms with van der Waals surface area (Å²) >= 11 is 0. The third kappa shape index (κ3) is 4.25. The molecule has 146 valence electrons. The maximum atomic E-state index is 12.7. The first-order valence-electron chi connectivity index (χ1n) is 10.2. The van der Waals surface area contributed by atoms with E-state index in [1.165, 1.54) is 5.56 Å². The topological polar surface area (TPSA) is 52.7 Å². The number of nitrogens with one attached hydrogen (secondary N) is 1. The number of hydrogen-bond acceptors (Lipinski definition) is 3. The van der Waals surface area contributed by atoms with Gasteiger partial charge in [0.2, 0.25) is 11.8 Å². The zero-order valence-corrected chi connectivity index (χ0v) is 16.1. The highest BCUT2D eigenvalue weighted by atomic mass is 16.2. The van der Waals surface area contributed by atoms with Crippen LogP contribution < -0.4 is 10.2 Å². The van der Waals surface area contributed by atoms with Crippen LogP contribution in [-0.2, 0) is 16.0 Å². The fourth-order valence-corrected chi connectivity index (χ4v) is 4.17. The van der Waals surface area contributed by atoms with E-state index in [4.69, 9.17) is 0 Å². The average Bonchev–Trinajstić information content (AvgIpc) is 3.17. The quantitative estimate of drug-likeness (QED) is 0.870. The Hall–Kier alpha value is -2.66. The molecule has 4 rings (SSSR count). The monoisotopic (exact) mass is 377 g/mol. The zero-order chi connectivity index (χ0) is 19.3. The fraction of sp³-hybridized carbons (Fsp3) is 0.391. The maximum absolute atomic E-state index is 12.7. The van der Waals surface area contributed by atoms with Crippen LogP contribution in [0.3, 0.4) is 0 Å². The van der Waals surface area contributed by atoms with Crippen molar-refractivity contribution in [2.75, 3.05) is 36.4 Å². The SMILES string of the molecule is O=C(Nc1ccccc1)C1CCN(CCC(=O)N2CCc3ccccc32)CC1. The smallest absolute Gasteiger partial charge is 0.228 e. The summed E-state index contributed by atoms with van der Waals surface area (Å²) in [5.74, 6) is 0.363. The van der Waals surface area contributed by atoms with E-state index >= 15 is 0 Å². The molecular weight excluding hydrogens is 350 g/mol. The van der Waals surface area contributed by atoms with Crippen molar-refractivity contribution in [3.8, 4) is 0 Å². The largest absolute Gasteiger partial charge is 0.326 e. The van der Waals surface area contributed by atoms with Crippen molar-refractivity contribution in [1.82, 2.24) is 4.90 Å². The number of amides is 2. The predicted molar refractivity (Wildman–Crippen MR) is 111 cm³/mol. The van der Waals surface area contributed by atoms with Crippen molar-refractivity contribution < 1.29 is 9.59 Å². The molecule has 0 unspecified atom stereocenters. The lowest BCUT2D eigenvalue weighted by molar-refractivity contribution is -0.122. The van der Waals surface area contributed by atoms with Crippen LogP contribution in [0.5, 0.6) is 0 Å². The van der Waals surface area contributed by atoms with Crippen LogP contribution in [0.15, 0.2) is 54.6 Å². The Morgan fingerprint density at radius 3 is 2.43 bits per heavy atom. The molecule has 2 amide bonds. The van der Waals surface area contributed by atoms with Gasteiger partial charge in [0.05, 0.1) is 0 Å². The molecular formula is C23H27N3O2. The van der Waals surface area contributed by atoms with Crippen LogP contribution in [-0.4, -0.2) is 42.9 Å². The molecule has 2 aromatic rings. The maximum Gasteiger partial charge on any atom is 0.228 e. The van der Waals surface area contributed by atoms with E-state index in [1.54, 1.807) is 0 Å². The Labute approximate surface area is 166 Å². The second-order valence-electron chi connectivity index (χ2n) is 7.65. The Morgan fingerprint density at radius 1 is 0.929 bits per heavy atom. The molecule has 5 nitrogen and oxygen atoms in total. The van der Waals surface area contributed by atoms with E-state index in [0.717, 1.165) is 56.8 Å². The highest BCUT2D eigenvalue weighted by molar-refractivity contribution is 5.95. The summed E-state index contributed by atoms with van der Waals surface area (Å²) in [6.45, 7) is 3.30. The summed E-state index contributed by atoms with van der Waals surface area (Å²) < 4.78 is 0. The van der Waals surface area contributed by atoms with Crippen molar-refractivity contribution in [2.24, 2.45) is 5.92 Å². The predicted octanol–water partition coefficient (Wildman–Crippen LogP) is 3.32. The molecule has 1 saturated heterocycles. The van der Waals surface area contributed by atoms with Gasteiger partial charge in [0.15, 0.2) is 0 Å². The van der Waals surface area contributed by atoms with E-state index in [-0.39, 0.29) is 17.7 Å². The van der Waals surface area contributed by atoms with E-state index in [0.29, 0.717) is 6.42 Å². The molecule has 2 aromatic carbocycles. The number of benzene rings is 2. The van der Waals surface area contributed by atoms with Gasteiger partial charge >= 0.3 is 0 Å². The summed E-state index contributed by atoms with van der Waals surface area (Å²) in [7, 11) is 0. The van der Waals surface area contributed by atoms with Crippen molar-refractivity contribution in [3.05, 3.63) is 60.2 Å². The summed E-state index contributed by atoms with van der Waals surface area (Å²) in [5.41, 5.74) is 3.19. The number of fused-ring (bicyclic) bond motifs is 1. The Kier molecular flexibility index (Phi) is 5.72. The molecule has 0 saturated carbocycles. The molecule has 28 heavy (non-hydrogen) atoms. The minimum absolute atomic E-state index is 0.0533. The van der Waals surface area contributed by atoms with Crippen molar-refractivity contribution >= 4 is 23.2 Å². The van der Waals surface area contributed by atoms with E-state index < -0.39 is 0 Å². The van der Waals surface area contributed by atoms with E-state index in [9.17, 15) is 9.59 Å². The normalized spacial score (nSPS) is 17.4. The Morgan fingerprint density at radius 2 is 1.64 bits per heavy atom. The summed E-state index contributed by atoms with van der Waals surface area (Å²) in [6.07, 6.45) is 3.18. The van der Waals surface area contributed by atoms with Gasteiger partial charge in [-0.1, -0.05) is 36.4 Å². The van der Waals surface area contributed by atoms with Crippen LogP contribution in [0.1, 0.15) is 24.8 Å². The highest BCUT2D eigenvalue weighted by Gasteiger charge is 2.27. The standard InChI is InChI=1S/C23H27N3O2/c27-22(26-17-12-18-6-4-5-9-21(18)26)13-16-25-14-10-19(11-15-25)23(28)24-20-7-2-1-3-8-20/h1-9,19H,10-17H2,(H,24,28). The molecule has 2 aliphatic heterocycles. The second-order valence-corrected chi connectivity index (χ2v) is 7.65. The van der Waals surface area contributed by atoms with Gasteiger partial charge in [-0.05, 0) is 56.1 Å². The second kappa shape index (κ2) is 8.57. The number of rotatable bonds is 5. The van der Waals surface area contributed by atoms with Gasteiger partial charge in [0.25, 0.3) is 0 Å². The molecule has 5 heteroatoms. The molecule has 0 spiro atoms. The van der Waals surface area contributed by atoms with Crippen molar-refractivity contribution in [2.45, 2.75) is 25.7 Å². The van der Waals surface area contributed by atoms with E-state index in [1.807, 2.05) is 53.4 Å². The number of piperidine rings is 1. The molecule has 0 aromatic heterocycles. The minimum Gasteiger partial charge on any atom is -0.326 e. The van der Waals surface area contributed by atoms with Gasteiger partial charge in [0, 0.05) is 36.8 Å². The number of hydrogen-bond donors (Lipinski definition) is 1. The van der Waals surface area contributed by atoms with Crippen LogP contribution in [0, 0.1) is 5.92 Å². The number of nitrogens with zero attached hydrogens (tertiary/aromatic N) is 2. The summed E-state index contributed by atoms with van der Waals surface area (Å²) in [6, 6.07) is 17.8. The van der Waals surface area contributed by atoms with Gasteiger partial charge in [-0.25, -0.2) is 0 Å². The number of carbonyl (C=O) groups is 2. The summed E-state index contributed by atoms with van der Waals surface area (Å²) in [5, 5.41) is 3.00. The zero-order valence-electron chi connectivity index (χ0n) is 16.1. The Balaban J connectivity index is 1.22. The van der Waals surface area contributed by atoms with Gasteiger partial charge in [-0.15, -0.1) is 0 Å². The fourth-order valence-electron chi connectivity index (χ4n) is 4.17. The van der Waals surface area contributed by atoms with Crippen LogP contribution in [0.2, 0.25) is 0 Å².